The number of ketones is 1. The fraction of sp³-hybridized carbons (Fsp3) is 0.400. The number of aromatic amines is 1. The molecule has 5 rings (SSSR count). The number of aromatic nitrogens is 2. The highest BCUT2D eigenvalue weighted by Crippen LogP contribution is 2.36. The summed E-state index contributed by atoms with van der Waals surface area (Å²) in [6.07, 6.45) is 2.04. The molecule has 0 aliphatic carbocycles. The maximum atomic E-state index is 13.7. The molecule has 2 N–H and O–H groups in total. The number of carbonyl (C=O) groups excluding carboxylic acids is 3. The highest BCUT2D eigenvalue weighted by Gasteiger charge is 2.51. The van der Waals surface area contributed by atoms with Gasteiger partial charge in [-0.05, 0) is 57.1 Å². The van der Waals surface area contributed by atoms with Crippen LogP contribution in [0.4, 0.5) is 4.79 Å². The molecule has 2 atom stereocenters. The number of ether oxygens (including phenoxy) is 1. The molecule has 2 aromatic carbocycles. The number of benzene rings is 2. The fourth-order valence-corrected chi connectivity index (χ4v) is 5.16. The van der Waals surface area contributed by atoms with E-state index in [0.717, 1.165) is 11.0 Å². The Balaban J connectivity index is 1.34. The average Bonchev–Trinajstić information content (AvgIpc) is 3.70. The Labute approximate surface area is 239 Å². The van der Waals surface area contributed by atoms with E-state index in [-0.39, 0.29) is 17.5 Å². The molecule has 11 heteroatoms. The lowest BCUT2D eigenvalue weighted by atomic mass is 9.78. The predicted molar refractivity (Wildman–Crippen MR) is 154 cm³/mol. The van der Waals surface area contributed by atoms with Crippen molar-refractivity contribution in [3.05, 3.63) is 72.2 Å². The molecule has 3 heterocycles. The Bertz CT molecular complexity index is 1420. The van der Waals surface area contributed by atoms with Crippen LogP contribution in [0.5, 0.6) is 0 Å². The van der Waals surface area contributed by atoms with Gasteiger partial charge in [0, 0.05) is 6.54 Å². The van der Waals surface area contributed by atoms with E-state index in [4.69, 9.17) is 14.0 Å². The standard InChI is InChI=1S/C30H35BN4O6/c1-29(2)30(3,4)41-31(40-29)21-14-9-13-20(17-21)22-18-32-26(33-22)25(36)23-15-10-16-35(23)27(37)24(34-28(38)39-5)19-11-7-6-8-12-19/h6-9,11-14,17-18,23-24H,10,15-16H2,1-5H3,(H,32,33)(H,34,38)/t23-,24+/m0/s1. The Morgan fingerprint density at radius 3 is 2.46 bits per heavy atom. The molecule has 0 saturated carbocycles. The third kappa shape index (κ3) is 5.64. The van der Waals surface area contributed by atoms with Crippen LogP contribution in [0, 0.1) is 0 Å². The molecule has 41 heavy (non-hydrogen) atoms. The Kier molecular flexibility index (Phi) is 7.76. The van der Waals surface area contributed by atoms with E-state index in [9.17, 15) is 14.4 Å². The van der Waals surface area contributed by atoms with Crippen LogP contribution in [0.3, 0.4) is 0 Å². The van der Waals surface area contributed by atoms with Crippen LogP contribution in [-0.4, -0.2) is 70.7 Å². The van der Waals surface area contributed by atoms with Gasteiger partial charge >= 0.3 is 13.2 Å². The first-order valence-corrected chi connectivity index (χ1v) is 13.8. The van der Waals surface area contributed by atoms with Crippen molar-refractivity contribution >= 4 is 30.4 Å². The summed E-state index contributed by atoms with van der Waals surface area (Å²) >= 11 is 0. The highest BCUT2D eigenvalue weighted by molar-refractivity contribution is 6.62. The second kappa shape index (κ2) is 11.1. The van der Waals surface area contributed by atoms with Crippen LogP contribution >= 0.6 is 0 Å². The van der Waals surface area contributed by atoms with Gasteiger partial charge in [0.1, 0.15) is 6.04 Å². The second-order valence-corrected chi connectivity index (χ2v) is 11.4. The van der Waals surface area contributed by atoms with Crippen LogP contribution in [-0.2, 0) is 18.8 Å². The molecule has 0 spiro atoms. The minimum Gasteiger partial charge on any atom is -0.453 e. The predicted octanol–water partition coefficient (Wildman–Crippen LogP) is 3.65. The van der Waals surface area contributed by atoms with Crippen molar-refractivity contribution in [2.24, 2.45) is 0 Å². The van der Waals surface area contributed by atoms with Crippen molar-refractivity contribution in [1.29, 1.82) is 0 Å². The maximum absolute atomic E-state index is 13.7. The van der Waals surface area contributed by atoms with Crippen molar-refractivity contribution < 1.29 is 28.4 Å². The molecule has 3 aromatic rings. The van der Waals surface area contributed by atoms with Gasteiger partial charge in [0.15, 0.2) is 5.82 Å². The molecule has 10 nitrogen and oxygen atoms in total. The number of carbonyl (C=O) groups is 3. The third-order valence-electron chi connectivity index (χ3n) is 8.20. The number of amides is 2. The zero-order chi connectivity index (χ0) is 29.4. The van der Waals surface area contributed by atoms with Gasteiger partial charge in [-0.3, -0.25) is 9.59 Å². The van der Waals surface area contributed by atoms with Crippen molar-refractivity contribution in [3.63, 3.8) is 0 Å². The summed E-state index contributed by atoms with van der Waals surface area (Å²) in [5, 5.41) is 2.62. The van der Waals surface area contributed by atoms with E-state index in [2.05, 4.69) is 15.3 Å². The van der Waals surface area contributed by atoms with Crippen molar-refractivity contribution in [2.45, 2.75) is 63.8 Å². The quantitative estimate of drug-likeness (QED) is 0.335. The number of hydrogen-bond acceptors (Lipinski definition) is 7. The Morgan fingerprint density at radius 2 is 1.78 bits per heavy atom. The lowest BCUT2D eigenvalue weighted by Crippen LogP contribution is -2.47. The fourth-order valence-electron chi connectivity index (χ4n) is 5.16. The van der Waals surface area contributed by atoms with Gasteiger partial charge in [-0.2, -0.15) is 0 Å². The summed E-state index contributed by atoms with van der Waals surface area (Å²) in [6, 6.07) is 14.9. The van der Waals surface area contributed by atoms with Crippen LogP contribution in [0.15, 0.2) is 60.8 Å². The van der Waals surface area contributed by atoms with Crippen LogP contribution in [0.2, 0.25) is 0 Å². The summed E-state index contributed by atoms with van der Waals surface area (Å²) in [6.45, 7) is 8.43. The first-order chi connectivity index (χ1) is 19.5. The Hall–Kier alpha value is -3.96. The lowest BCUT2D eigenvalue weighted by Gasteiger charge is -2.32. The van der Waals surface area contributed by atoms with Crippen molar-refractivity contribution in [3.8, 4) is 11.3 Å². The molecular formula is C30H35BN4O6. The Morgan fingerprint density at radius 1 is 1.07 bits per heavy atom. The number of nitrogens with zero attached hydrogens (tertiary/aromatic N) is 2. The van der Waals surface area contributed by atoms with Crippen molar-refractivity contribution in [1.82, 2.24) is 20.2 Å². The maximum Gasteiger partial charge on any atom is 0.494 e. The van der Waals surface area contributed by atoms with E-state index in [0.29, 0.717) is 30.6 Å². The molecule has 2 amide bonds. The topological polar surface area (TPSA) is 123 Å². The number of methoxy groups -OCH3 is 1. The molecular weight excluding hydrogens is 523 g/mol. The second-order valence-electron chi connectivity index (χ2n) is 11.4. The van der Waals surface area contributed by atoms with E-state index in [1.807, 2.05) is 58.0 Å². The van der Waals surface area contributed by atoms with Gasteiger partial charge in [0.2, 0.25) is 5.78 Å². The lowest BCUT2D eigenvalue weighted by molar-refractivity contribution is -0.133. The van der Waals surface area contributed by atoms with Crippen LogP contribution < -0.4 is 10.8 Å². The largest absolute Gasteiger partial charge is 0.494 e. The van der Waals surface area contributed by atoms with Gasteiger partial charge in [-0.1, -0.05) is 54.6 Å². The SMILES string of the molecule is COC(=O)N[C@@H](C(=O)N1CCC[C@H]1C(=O)c1ncc(-c2cccc(B3OC(C)(C)C(C)(C)O3)c2)[nH]1)c1ccccc1. The van der Waals surface area contributed by atoms with Gasteiger partial charge in [-0.15, -0.1) is 0 Å². The minimum atomic E-state index is -0.984. The number of rotatable bonds is 7. The zero-order valence-electron chi connectivity index (χ0n) is 24.0. The average molecular weight is 558 g/mol. The number of nitrogens with one attached hydrogen (secondary N) is 2. The summed E-state index contributed by atoms with van der Waals surface area (Å²) in [5.41, 5.74) is 2.03. The molecule has 1 aromatic heterocycles. The van der Waals surface area contributed by atoms with Gasteiger partial charge < -0.3 is 29.2 Å². The first kappa shape index (κ1) is 28.6. The van der Waals surface area contributed by atoms with E-state index in [1.165, 1.54) is 12.0 Å². The first-order valence-electron chi connectivity index (χ1n) is 13.8. The molecule has 2 saturated heterocycles. The molecule has 2 aliphatic heterocycles. The molecule has 0 radical (unpaired) electrons. The minimum absolute atomic E-state index is 0.169. The zero-order valence-corrected chi connectivity index (χ0v) is 24.0. The number of alkyl carbamates (subject to hydrolysis) is 1. The normalized spacial score (nSPS) is 20.1. The monoisotopic (exact) mass is 558 g/mol. The molecule has 0 bridgehead atoms. The highest BCUT2D eigenvalue weighted by atomic mass is 16.7. The van der Waals surface area contributed by atoms with Gasteiger partial charge in [0.05, 0.1) is 36.2 Å². The van der Waals surface area contributed by atoms with Gasteiger partial charge in [-0.25, -0.2) is 9.78 Å². The molecule has 2 fully saturated rings. The van der Waals surface area contributed by atoms with E-state index in [1.54, 1.807) is 30.5 Å². The summed E-state index contributed by atoms with van der Waals surface area (Å²) in [4.78, 5) is 48.4. The van der Waals surface area contributed by atoms with E-state index < -0.39 is 36.5 Å². The summed E-state index contributed by atoms with van der Waals surface area (Å²) in [5.74, 6) is -0.489. The smallest absolute Gasteiger partial charge is 0.453 e. The third-order valence-corrected chi connectivity index (χ3v) is 8.20. The number of imidazole rings is 1. The van der Waals surface area contributed by atoms with Crippen LogP contribution in [0.25, 0.3) is 11.3 Å². The molecule has 2 aliphatic rings. The molecule has 214 valence electrons. The summed E-state index contributed by atoms with van der Waals surface area (Å²) < 4.78 is 17.1. The number of H-pyrrole nitrogens is 1. The molecule has 0 unspecified atom stereocenters. The van der Waals surface area contributed by atoms with Gasteiger partial charge in [0.25, 0.3) is 5.91 Å². The van der Waals surface area contributed by atoms with Crippen molar-refractivity contribution in [2.75, 3.05) is 13.7 Å². The van der Waals surface area contributed by atoms with Crippen LogP contribution in [0.1, 0.15) is 62.8 Å². The van der Waals surface area contributed by atoms with E-state index >= 15 is 0 Å². The number of likely N-dealkylation sites (tertiary alicyclic amines) is 1. The summed E-state index contributed by atoms with van der Waals surface area (Å²) in [7, 11) is 0.724. The number of hydrogen-bond donors (Lipinski definition) is 2. The number of Topliss-reactive ketones (excluding diaryl/α,β-unsaturated/α-hetero) is 1.